The van der Waals surface area contributed by atoms with Crippen LogP contribution >= 0.6 is 0 Å². The first kappa shape index (κ1) is 17.2. The number of para-hydroxylation sites is 1. The molecule has 1 amide bonds. The number of nitrogens with two attached hydrogens (primary N) is 1. The first-order valence-electron chi connectivity index (χ1n) is 8.38. The van der Waals surface area contributed by atoms with Gasteiger partial charge in [-0.3, -0.25) is 9.79 Å². The molecule has 0 spiro atoms. The lowest BCUT2D eigenvalue weighted by atomic mass is 9.98. The fourth-order valence-electron chi connectivity index (χ4n) is 3.02. The molecular weight excluding hydrogens is 314 g/mol. The molecule has 1 aliphatic rings. The highest BCUT2D eigenvalue weighted by Gasteiger charge is 2.30. The Morgan fingerprint density at radius 1 is 1.16 bits per heavy atom. The number of ether oxygens (including phenoxy) is 1. The normalized spacial score (nSPS) is 17.2. The van der Waals surface area contributed by atoms with Crippen molar-refractivity contribution in [3.63, 3.8) is 0 Å². The molecule has 130 valence electrons. The van der Waals surface area contributed by atoms with Gasteiger partial charge in [-0.05, 0) is 29.7 Å². The lowest BCUT2D eigenvalue weighted by Gasteiger charge is -2.24. The van der Waals surface area contributed by atoms with Crippen molar-refractivity contribution in [1.82, 2.24) is 0 Å². The summed E-state index contributed by atoms with van der Waals surface area (Å²) in [6.07, 6.45) is -0.886. The molecule has 3 rings (SSSR count). The molecule has 0 fully saturated rings. The van der Waals surface area contributed by atoms with Crippen molar-refractivity contribution in [3.8, 4) is 5.75 Å². The van der Waals surface area contributed by atoms with Crippen LogP contribution in [0, 0.1) is 5.92 Å². The summed E-state index contributed by atoms with van der Waals surface area (Å²) in [5, 5.41) is 0. The third-order valence-electron chi connectivity index (χ3n) is 4.31. The molecule has 1 atom stereocenters. The lowest BCUT2D eigenvalue weighted by molar-refractivity contribution is -0.119. The van der Waals surface area contributed by atoms with Crippen molar-refractivity contribution in [1.29, 1.82) is 0 Å². The number of hydrogen-bond donors (Lipinski definition) is 1. The van der Waals surface area contributed by atoms with Crippen LogP contribution in [-0.2, 0) is 11.3 Å². The number of carbonyl (C=O) groups is 1. The van der Waals surface area contributed by atoms with Crippen LogP contribution in [0.1, 0.15) is 25.0 Å². The second-order valence-electron chi connectivity index (χ2n) is 6.40. The molecule has 25 heavy (non-hydrogen) atoms. The van der Waals surface area contributed by atoms with E-state index in [0.29, 0.717) is 6.54 Å². The van der Waals surface area contributed by atoms with Crippen molar-refractivity contribution < 1.29 is 9.53 Å². The van der Waals surface area contributed by atoms with Crippen LogP contribution in [0.4, 0.5) is 5.69 Å². The minimum atomic E-state index is -0.886. The summed E-state index contributed by atoms with van der Waals surface area (Å²) >= 11 is 0. The predicted octanol–water partition coefficient (Wildman–Crippen LogP) is 2.97. The summed E-state index contributed by atoms with van der Waals surface area (Å²) < 4.78 is 5.20. The minimum Gasteiger partial charge on any atom is -0.497 e. The summed E-state index contributed by atoms with van der Waals surface area (Å²) in [6.45, 7) is 4.56. The van der Waals surface area contributed by atoms with E-state index in [4.69, 9.17) is 10.5 Å². The van der Waals surface area contributed by atoms with E-state index >= 15 is 0 Å². The molecule has 5 nitrogen and oxygen atoms in total. The van der Waals surface area contributed by atoms with E-state index in [1.165, 1.54) is 0 Å². The Hall–Kier alpha value is -2.66. The minimum absolute atomic E-state index is 0.181. The number of amides is 1. The van der Waals surface area contributed by atoms with Crippen LogP contribution in [0.2, 0.25) is 0 Å². The summed E-state index contributed by atoms with van der Waals surface area (Å²) in [5.41, 5.74) is 9.77. The zero-order chi connectivity index (χ0) is 18.0. The van der Waals surface area contributed by atoms with E-state index in [2.05, 4.69) is 18.8 Å². The fourth-order valence-corrected chi connectivity index (χ4v) is 3.02. The van der Waals surface area contributed by atoms with Crippen LogP contribution in [0.3, 0.4) is 0 Å². The molecule has 2 aromatic carbocycles. The summed E-state index contributed by atoms with van der Waals surface area (Å²) in [7, 11) is 1.63. The Morgan fingerprint density at radius 2 is 1.84 bits per heavy atom. The third-order valence-corrected chi connectivity index (χ3v) is 4.31. The zero-order valence-corrected chi connectivity index (χ0v) is 14.8. The highest BCUT2D eigenvalue weighted by Crippen LogP contribution is 2.29. The standard InChI is InChI=1S/C20H23N3O2/c1-13(2)18-16-6-4-5-7-17(16)23(20(24)19(21)22-18)12-14-8-10-15(25-3)11-9-14/h4-11,13,19H,12,21H2,1-3H3. The maximum atomic E-state index is 12.9. The third kappa shape index (κ3) is 3.42. The van der Waals surface area contributed by atoms with Gasteiger partial charge in [0.25, 0.3) is 5.91 Å². The second-order valence-corrected chi connectivity index (χ2v) is 6.40. The van der Waals surface area contributed by atoms with Gasteiger partial charge in [0, 0.05) is 11.3 Å². The van der Waals surface area contributed by atoms with Gasteiger partial charge < -0.3 is 15.4 Å². The number of aliphatic imine (C=N–C) groups is 1. The molecule has 1 aliphatic heterocycles. The van der Waals surface area contributed by atoms with Crippen LogP contribution < -0.4 is 15.4 Å². The maximum absolute atomic E-state index is 12.9. The molecule has 0 bridgehead atoms. The molecule has 0 aliphatic carbocycles. The van der Waals surface area contributed by atoms with Crippen molar-refractivity contribution in [2.45, 2.75) is 26.6 Å². The quantitative estimate of drug-likeness (QED) is 0.932. The Bertz CT molecular complexity index is 797. The van der Waals surface area contributed by atoms with Gasteiger partial charge >= 0.3 is 0 Å². The second kappa shape index (κ2) is 7.07. The highest BCUT2D eigenvalue weighted by atomic mass is 16.5. The number of anilines is 1. The molecule has 0 aromatic heterocycles. The molecular formula is C20H23N3O2. The van der Waals surface area contributed by atoms with Gasteiger partial charge in [0.15, 0.2) is 6.17 Å². The first-order chi connectivity index (χ1) is 12.0. The predicted molar refractivity (Wildman–Crippen MR) is 100.0 cm³/mol. The monoisotopic (exact) mass is 337 g/mol. The molecule has 2 N–H and O–H groups in total. The smallest absolute Gasteiger partial charge is 0.266 e. The Labute approximate surface area is 148 Å². The number of hydrogen-bond acceptors (Lipinski definition) is 4. The molecule has 1 heterocycles. The molecule has 0 radical (unpaired) electrons. The number of rotatable bonds is 4. The molecule has 2 aromatic rings. The average Bonchev–Trinajstić information content (AvgIpc) is 2.73. The first-order valence-corrected chi connectivity index (χ1v) is 8.38. The van der Waals surface area contributed by atoms with Crippen LogP contribution in [0.5, 0.6) is 5.75 Å². The number of fused-ring (bicyclic) bond motifs is 1. The number of methoxy groups -OCH3 is 1. The Kier molecular flexibility index (Phi) is 4.86. The molecule has 0 saturated heterocycles. The van der Waals surface area contributed by atoms with Crippen molar-refractivity contribution in [2.75, 3.05) is 12.0 Å². The summed E-state index contributed by atoms with van der Waals surface area (Å²) in [6, 6.07) is 15.5. The van der Waals surface area contributed by atoms with Crippen LogP contribution in [0.15, 0.2) is 53.5 Å². The molecule has 0 saturated carbocycles. The van der Waals surface area contributed by atoms with Gasteiger partial charge in [0.2, 0.25) is 0 Å². The Morgan fingerprint density at radius 3 is 2.48 bits per heavy atom. The van der Waals surface area contributed by atoms with E-state index in [9.17, 15) is 4.79 Å². The number of benzodiazepines with no additional fused rings is 1. The van der Waals surface area contributed by atoms with E-state index in [-0.39, 0.29) is 11.8 Å². The van der Waals surface area contributed by atoms with Gasteiger partial charge in [0.05, 0.1) is 19.3 Å². The lowest BCUT2D eigenvalue weighted by Crippen LogP contribution is -2.41. The molecule has 1 unspecified atom stereocenters. The number of carbonyl (C=O) groups excluding carboxylic acids is 1. The maximum Gasteiger partial charge on any atom is 0.266 e. The van der Waals surface area contributed by atoms with E-state index in [1.807, 2.05) is 48.5 Å². The van der Waals surface area contributed by atoms with Gasteiger partial charge in [0.1, 0.15) is 5.75 Å². The fraction of sp³-hybridized carbons (Fsp3) is 0.300. The van der Waals surface area contributed by atoms with Gasteiger partial charge in [-0.25, -0.2) is 0 Å². The summed E-state index contributed by atoms with van der Waals surface area (Å²) in [4.78, 5) is 19.1. The number of nitrogens with zero attached hydrogens (tertiary/aromatic N) is 2. The van der Waals surface area contributed by atoms with Gasteiger partial charge in [-0.1, -0.05) is 44.2 Å². The van der Waals surface area contributed by atoms with Crippen molar-refractivity contribution in [3.05, 3.63) is 59.7 Å². The topological polar surface area (TPSA) is 67.9 Å². The summed E-state index contributed by atoms with van der Waals surface area (Å²) in [5.74, 6) is 0.772. The largest absolute Gasteiger partial charge is 0.497 e. The van der Waals surface area contributed by atoms with E-state index < -0.39 is 6.17 Å². The number of benzene rings is 2. The van der Waals surface area contributed by atoms with E-state index in [0.717, 1.165) is 28.3 Å². The van der Waals surface area contributed by atoms with Gasteiger partial charge in [-0.2, -0.15) is 0 Å². The van der Waals surface area contributed by atoms with E-state index in [1.54, 1.807) is 12.0 Å². The Balaban J connectivity index is 2.02. The SMILES string of the molecule is COc1ccc(CN2C(=O)C(N)N=C(C(C)C)c3ccccc32)cc1. The average molecular weight is 337 g/mol. The van der Waals surface area contributed by atoms with Crippen molar-refractivity contribution >= 4 is 17.3 Å². The zero-order valence-electron chi connectivity index (χ0n) is 14.8. The van der Waals surface area contributed by atoms with Crippen LogP contribution in [0.25, 0.3) is 0 Å². The van der Waals surface area contributed by atoms with Gasteiger partial charge in [-0.15, -0.1) is 0 Å². The molecule has 5 heteroatoms. The van der Waals surface area contributed by atoms with Crippen LogP contribution in [-0.4, -0.2) is 24.9 Å². The highest BCUT2D eigenvalue weighted by molar-refractivity contribution is 6.13. The van der Waals surface area contributed by atoms with Crippen molar-refractivity contribution in [2.24, 2.45) is 16.6 Å².